The van der Waals surface area contributed by atoms with Crippen molar-refractivity contribution < 1.29 is 4.74 Å². The van der Waals surface area contributed by atoms with E-state index in [9.17, 15) is 0 Å². The number of hydrogen-bond acceptors (Lipinski definition) is 4. The summed E-state index contributed by atoms with van der Waals surface area (Å²) in [5.74, 6) is 2.23. The summed E-state index contributed by atoms with van der Waals surface area (Å²) in [5.41, 5.74) is 5.62. The predicted octanol–water partition coefficient (Wildman–Crippen LogP) is 3.91. The summed E-state index contributed by atoms with van der Waals surface area (Å²) in [6, 6.07) is 9.18. The smallest absolute Gasteiger partial charge is 0.224 e. The molecule has 2 aromatic rings. The molecule has 2 rings (SSSR count). The maximum atomic E-state index is 5.80. The Labute approximate surface area is 121 Å². The fraction of sp³-hybridized carbons (Fsp3) is 0.286. The summed E-state index contributed by atoms with van der Waals surface area (Å²) in [6.07, 6.45) is 0. The van der Waals surface area contributed by atoms with Gasteiger partial charge in [0.15, 0.2) is 0 Å². The Morgan fingerprint density at radius 2 is 1.89 bits per heavy atom. The highest BCUT2D eigenvalue weighted by molar-refractivity contribution is 9.10. The van der Waals surface area contributed by atoms with Crippen molar-refractivity contribution in [2.45, 2.75) is 26.2 Å². The third kappa shape index (κ3) is 3.67. The zero-order valence-corrected chi connectivity index (χ0v) is 12.7. The van der Waals surface area contributed by atoms with Gasteiger partial charge < -0.3 is 10.5 Å². The average Bonchev–Trinajstić information content (AvgIpc) is 2.26. The van der Waals surface area contributed by atoms with Crippen LogP contribution in [-0.4, -0.2) is 9.97 Å². The Morgan fingerprint density at radius 1 is 1.16 bits per heavy atom. The first-order valence-electron chi connectivity index (χ1n) is 5.93. The molecule has 0 bridgehead atoms. The van der Waals surface area contributed by atoms with Crippen LogP contribution in [0.1, 0.15) is 26.6 Å². The summed E-state index contributed by atoms with van der Waals surface area (Å²) >= 11 is 3.40. The minimum Gasteiger partial charge on any atom is -0.439 e. The van der Waals surface area contributed by atoms with Crippen LogP contribution in [0.4, 0.5) is 5.82 Å². The molecular formula is C14H16BrN3O. The van der Waals surface area contributed by atoms with Crippen LogP contribution in [0.2, 0.25) is 0 Å². The van der Waals surface area contributed by atoms with Gasteiger partial charge >= 0.3 is 0 Å². The molecule has 0 radical (unpaired) electrons. The van der Waals surface area contributed by atoms with Gasteiger partial charge in [0.05, 0.1) is 0 Å². The van der Waals surface area contributed by atoms with Crippen LogP contribution in [0.25, 0.3) is 0 Å². The maximum absolute atomic E-state index is 5.80. The van der Waals surface area contributed by atoms with E-state index in [1.165, 1.54) is 0 Å². The van der Waals surface area contributed by atoms with Gasteiger partial charge in [0.25, 0.3) is 0 Å². The molecule has 1 aromatic carbocycles. The van der Waals surface area contributed by atoms with E-state index in [-0.39, 0.29) is 5.41 Å². The molecule has 0 aliphatic rings. The van der Waals surface area contributed by atoms with E-state index < -0.39 is 0 Å². The van der Waals surface area contributed by atoms with Crippen LogP contribution >= 0.6 is 15.9 Å². The molecule has 0 saturated carbocycles. The standard InChI is InChI=1S/C14H16BrN3O/c1-14(2,3)13-17-11(16)8-12(18-13)19-10-6-4-5-9(15)7-10/h4-8H,1-3H3,(H2,16,17,18). The fourth-order valence-electron chi connectivity index (χ4n) is 1.48. The lowest BCUT2D eigenvalue weighted by Gasteiger charge is -2.17. The van der Waals surface area contributed by atoms with Gasteiger partial charge in [-0.15, -0.1) is 0 Å². The highest BCUT2D eigenvalue weighted by Gasteiger charge is 2.19. The van der Waals surface area contributed by atoms with Gasteiger partial charge in [-0.25, -0.2) is 4.98 Å². The summed E-state index contributed by atoms with van der Waals surface area (Å²) in [6.45, 7) is 6.10. The molecule has 0 unspecified atom stereocenters. The SMILES string of the molecule is CC(C)(C)c1nc(N)cc(Oc2cccc(Br)c2)n1. The molecule has 0 aliphatic heterocycles. The monoisotopic (exact) mass is 321 g/mol. The van der Waals surface area contributed by atoms with Gasteiger partial charge in [0.1, 0.15) is 17.4 Å². The molecule has 0 saturated heterocycles. The Balaban J connectivity index is 2.33. The van der Waals surface area contributed by atoms with Crippen LogP contribution in [0.3, 0.4) is 0 Å². The van der Waals surface area contributed by atoms with Crippen molar-refractivity contribution in [3.63, 3.8) is 0 Å². The minimum absolute atomic E-state index is 0.176. The second kappa shape index (κ2) is 5.17. The summed E-state index contributed by atoms with van der Waals surface area (Å²) < 4.78 is 6.66. The Hall–Kier alpha value is -1.62. The average molecular weight is 322 g/mol. The van der Waals surface area contributed by atoms with Gasteiger partial charge in [0, 0.05) is 16.0 Å². The molecule has 2 N–H and O–H groups in total. The number of nitrogens with zero attached hydrogens (tertiary/aromatic N) is 2. The number of anilines is 1. The zero-order valence-electron chi connectivity index (χ0n) is 11.1. The molecule has 0 fully saturated rings. The van der Waals surface area contributed by atoms with Crippen LogP contribution in [-0.2, 0) is 5.41 Å². The van der Waals surface area contributed by atoms with Crippen molar-refractivity contribution >= 4 is 21.7 Å². The molecule has 0 spiro atoms. The highest BCUT2D eigenvalue weighted by Crippen LogP contribution is 2.26. The quantitative estimate of drug-likeness (QED) is 0.910. The number of ether oxygens (including phenoxy) is 1. The molecule has 19 heavy (non-hydrogen) atoms. The predicted molar refractivity (Wildman–Crippen MR) is 79.4 cm³/mol. The first-order chi connectivity index (χ1) is 8.84. The topological polar surface area (TPSA) is 61.0 Å². The van der Waals surface area contributed by atoms with E-state index in [0.29, 0.717) is 23.3 Å². The molecule has 1 heterocycles. The number of nitrogens with two attached hydrogens (primary N) is 1. The van der Waals surface area contributed by atoms with Crippen LogP contribution < -0.4 is 10.5 Å². The second-order valence-corrected chi connectivity index (χ2v) is 6.18. The summed E-state index contributed by atoms with van der Waals surface area (Å²) in [4.78, 5) is 8.64. The Bertz CT molecular complexity index is 593. The lowest BCUT2D eigenvalue weighted by Crippen LogP contribution is -2.17. The first-order valence-corrected chi connectivity index (χ1v) is 6.72. The van der Waals surface area contributed by atoms with E-state index in [0.717, 1.165) is 4.47 Å². The molecule has 0 amide bonds. The highest BCUT2D eigenvalue weighted by atomic mass is 79.9. The summed E-state index contributed by atoms with van der Waals surface area (Å²) in [5, 5.41) is 0. The van der Waals surface area contributed by atoms with E-state index in [2.05, 4.69) is 25.9 Å². The first kappa shape index (κ1) is 13.8. The van der Waals surface area contributed by atoms with Crippen LogP contribution in [0.5, 0.6) is 11.6 Å². The van der Waals surface area contributed by atoms with Crippen molar-refractivity contribution in [3.8, 4) is 11.6 Å². The molecule has 5 heteroatoms. The molecular weight excluding hydrogens is 306 g/mol. The fourth-order valence-corrected chi connectivity index (χ4v) is 1.86. The van der Waals surface area contributed by atoms with Gasteiger partial charge in [-0.2, -0.15) is 4.98 Å². The maximum Gasteiger partial charge on any atom is 0.224 e. The normalized spacial score (nSPS) is 11.4. The van der Waals surface area contributed by atoms with Gasteiger partial charge in [-0.3, -0.25) is 0 Å². The number of nitrogen functional groups attached to an aromatic ring is 1. The molecule has 0 atom stereocenters. The van der Waals surface area contributed by atoms with Crippen LogP contribution in [0.15, 0.2) is 34.8 Å². The molecule has 100 valence electrons. The van der Waals surface area contributed by atoms with E-state index >= 15 is 0 Å². The van der Waals surface area contributed by atoms with Crippen molar-refractivity contribution in [1.29, 1.82) is 0 Å². The number of aromatic nitrogens is 2. The number of halogens is 1. The number of hydrogen-bond donors (Lipinski definition) is 1. The lowest BCUT2D eigenvalue weighted by molar-refractivity contribution is 0.446. The third-order valence-electron chi connectivity index (χ3n) is 2.41. The molecule has 4 nitrogen and oxygen atoms in total. The van der Waals surface area contributed by atoms with Crippen molar-refractivity contribution in [1.82, 2.24) is 9.97 Å². The van der Waals surface area contributed by atoms with E-state index in [1.54, 1.807) is 6.07 Å². The van der Waals surface area contributed by atoms with Gasteiger partial charge in [-0.1, -0.05) is 42.8 Å². The van der Waals surface area contributed by atoms with Gasteiger partial charge in [-0.05, 0) is 18.2 Å². The van der Waals surface area contributed by atoms with Crippen LogP contribution in [0, 0.1) is 0 Å². The number of benzene rings is 1. The largest absolute Gasteiger partial charge is 0.439 e. The third-order valence-corrected chi connectivity index (χ3v) is 2.91. The minimum atomic E-state index is -0.176. The van der Waals surface area contributed by atoms with E-state index in [4.69, 9.17) is 10.5 Å². The Morgan fingerprint density at radius 3 is 2.53 bits per heavy atom. The van der Waals surface area contributed by atoms with Crippen molar-refractivity contribution in [2.24, 2.45) is 0 Å². The van der Waals surface area contributed by atoms with Gasteiger partial charge in [0.2, 0.25) is 5.88 Å². The zero-order chi connectivity index (χ0) is 14.0. The number of rotatable bonds is 2. The molecule has 0 aliphatic carbocycles. The second-order valence-electron chi connectivity index (χ2n) is 5.26. The van der Waals surface area contributed by atoms with E-state index in [1.807, 2.05) is 45.0 Å². The molecule has 1 aromatic heterocycles. The van der Waals surface area contributed by atoms with Crippen molar-refractivity contribution in [3.05, 3.63) is 40.6 Å². The van der Waals surface area contributed by atoms with Crippen molar-refractivity contribution in [2.75, 3.05) is 5.73 Å². The Kier molecular flexibility index (Phi) is 3.75. The lowest BCUT2D eigenvalue weighted by atomic mass is 9.96. The summed E-state index contributed by atoms with van der Waals surface area (Å²) in [7, 11) is 0.